The van der Waals surface area contributed by atoms with Crippen LogP contribution in [-0.4, -0.2) is 11.8 Å². The van der Waals surface area contributed by atoms with Crippen molar-refractivity contribution in [2.45, 2.75) is 25.6 Å². The van der Waals surface area contributed by atoms with E-state index in [2.05, 4.69) is 12.1 Å². The van der Waals surface area contributed by atoms with Gasteiger partial charge in [0.25, 0.3) is 0 Å². The van der Waals surface area contributed by atoms with Crippen molar-refractivity contribution in [1.29, 1.82) is 5.41 Å². The molecule has 1 aromatic carbocycles. The topological polar surface area (TPSA) is 59.1 Å². The van der Waals surface area contributed by atoms with Crippen LogP contribution in [0.25, 0.3) is 0 Å². The summed E-state index contributed by atoms with van der Waals surface area (Å²) >= 11 is 0. The van der Waals surface area contributed by atoms with Crippen molar-refractivity contribution in [3.05, 3.63) is 48.2 Å². The molecule has 1 fully saturated rings. The van der Waals surface area contributed by atoms with E-state index in [0.29, 0.717) is 24.3 Å². The maximum Gasteiger partial charge on any atom is 0.0720 e. The summed E-state index contributed by atoms with van der Waals surface area (Å²) in [7, 11) is 0. The molecule has 17 heavy (non-hydrogen) atoms. The molecule has 3 N–H and O–H groups in total. The van der Waals surface area contributed by atoms with Gasteiger partial charge in [-0.25, -0.2) is 0 Å². The van der Waals surface area contributed by atoms with Crippen molar-refractivity contribution < 1.29 is 4.74 Å². The predicted molar refractivity (Wildman–Crippen MR) is 68.8 cm³/mol. The average Bonchev–Trinajstić information content (AvgIpc) is 2.28. The van der Waals surface area contributed by atoms with Gasteiger partial charge in [0.2, 0.25) is 0 Å². The first-order valence-electron chi connectivity index (χ1n) is 5.92. The van der Waals surface area contributed by atoms with Crippen molar-refractivity contribution in [2.24, 2.45) is 11.7 Å². The molecule has 0 unspecified atom stereocenters. The Kier molecular flexibility index (Phi) is 3.94. The monoisotopic (exact) mass is 230 g/mol. The van der Waals surface area contributed by atoms with Crippen molar-refractivity contribution in [2.75, 3.05) is 0 Å². The summed E-state index contributed by atoms with van der Waals surface area (Å²) in [5, 5.41) is 7.71. The lowest BCUT2D eigenvalue weighted by Crippen LogP contribution is -2.35. The van der Waals surface area contributed by atoms with Crippen molar-refractivity contribution in [1.82, 2.24) is 0 Å². The van der Waals surface area contributed by atoms with E-state index in [1.54, 1.807) is 6.08 Å². The smallest absolute Gasteiger partial charge is 0.0720 e. The molecular formula is C14H18N2O. The van der Waals surface area contributed by atoms with E-state index < -0.39 is 0 Å². The fraction of sp³-hybridized carbons (Fsp3) is 0.357. The van der Waals surface area contributed by atoms with Gasteiger partial charge in [0.15, 0.2) is 0 Å². The van der Waals surface area contributed by atoms with Gasteiger partial charge in [0.1, 0.15) is 0 Å². The number of hydrogen-bond acceptors (Lipinski definition) is 3. The third kappa shape index (κ3) is 3.17. The summed E-state index contributed by atoms with van der Waals surface area (Å²) in [6.07, 6.45) is 5.27. The van der Waals surface area contributed by atoms with E-state index in [0.717, 1.165) is 12.8 Å². The largest absolute Gasteiger partial charge is 0.405 e. The van der Waals surface area contributed by atoms with Crippen LogP contribution in [0.1, 0.15) is 18.4 Å². The molecule has 2 rings (SSSR count). The molecule has 90 valence electrons. The van der Waals surface area contributed by atoms with Crippen LogP contribution >= 0.6 is 0 Å². The zero-order valence-electron chi connectivity index (χ0n) is 9.80. The van der Waals surface area contributed by atoms with Gasteiger partial charge >= 0.3 is 0 Å². The van der Waals surface area contributed by atoms with Gasteiger partial charge in [-0.3, -0.25) is 0 Å². The van der Waals surface area contributed by atoms with Gasteiger partial charge < -0.3 is 15.9 Å². The molecule has 0 spiro atoms. The molecule has 0 aromatic heterocycles. The number of ether oxygens (including phenoxy) is 1. The van der Waals surface area contributed by atoms with E-state index in [1.165, 1.54) is 11.8 Å². The van der Waals surface area contributed by atoms with Gasteiger partial charge in [-0.2, -0.15) is 0 Å². The van der Waals surface area contributed by atoms with Crippen LogP contribution < -0.4 is 5.73 Å². The number of nitrogens with two attached hydrogens (primary N) is 1. The van der Waals surface area contributed by atoms with Crippen LogP contribution in [0.2, 0.25) is 0 Å². The number of nitrogens with one attached hydrogen (secondary N) is 1. The number of hydrogen-bond donors (Lipinski definition) is 2. The molecule has 0 heterocycles. The SMILES string of the molecule is N=C(/C=C\N)C1CC(OCc2ccccc2)C1. The van der Waals surface area contributed by atoms with Gasteiger partial charge in [-0.05, 0) is 30.7 Å². The third-order valence-corrected chi connectivity index (χ3v) is 3.14. The molecular weight excluding hydrogens is 212 g/mol. The van der Waals surface area contributed by atoms with E-state index >= 15 is 0 Å². The lowest BCUT2D eigenvalue weighted by atomic mass is 9.79. The Hall–Kier alpha value is -1.61. The third-order valence-electron chi connectivity index (χ3n) is 3.14. The lowest BCUT2D eigenvalue weighted by Gasteiger charge is -2.34. The summed E-state index contributed by atoms with van der Waals surface area (Å²) < 4.78 is 5.77. The maximum atomic E-state index is 7.71. The minimum Gasteiger partial charge on any atom is -0.405 e. The van der Waals surface area contributed by atoms with Crippen LogP contribution in [-0.2, 0) is 11.3 Å². The fourth-order valence-electron chi connectivity index (χ4n) is 1.98. The highest BCUT2D eigenvalue weighted by atomic mass is 16.5. The number of rotatable bonds is 5. The first-order valence-corrected chi connectivity index (χ1v) is 5.92. The van der Waals surface area contributed by atoms with Gasteiger partial charge in [0.05, 0.1) is 12.7 Å². The molecule has 0 bridgehead atoms. The molecule has 0 atom stereocenters. The highest BCUT2D eigenvalue weighted by molar-refractivity contribution is 5.94. The first kappa shape index (κ1) is 11.9. The fourth-order valence-corrected chi connectivity index (χ4v) is 1.98. The highest BCUT2D eigenvalue weighted by Crippen LogP contribution is 2.31. The molecule has 3 heteroatoms. The van der Waals surface area contributed by atoms with E-state index in [4.69, 9.17) is 15.9 Å². The zero-order valence-corrected chi connectivity index (χ0v) is 9.80. The standard InChI is InChI=1S/C14H18N2O/c15-7-6-14(16)12-8-13(9-12)17-10-11-4-2-1-3-5-11/h1-7,12-13,16H,8-10,15H2/b7-6-,16-14?. The predicted octanol–water partition coefficient (Wildman–Crippen LogP) is 2.47. The maximum absolute atomic E-state index is 7.71. The van der Waals surface area contributed by atoms with Gasteiger partial charge in [0, 0.05) is 11.6 Å². The van der Waals surface area contributed by atoms with Crippen LogP contribution in [0.15, 0.2) is 42.6 Å². The second-order valence-electron chi connectivity index (χ2n) is 4.40. The number of allylic oxidation sites excluding steroid dienone is 1. The number of benzene rings is 1. The van der Waals surface area contributed by atoms with Gasteiger partial charge in [-0.1, -0.05) is 30.3 Å². The van der Waals surface area contributed by atoms with E-state index in [1.807, 2.05) is 18.2 Å². The molecule has 1 saturated carbocycles. The Morgan fingerprint density at radius 3 is 2.71 bits per heavy atom. The second-order valence-corrected chi connectivity index (χ2v) is 4.40. The van der Waals surface area contributed by atoms with E-state index in [-0.39, 0.29) is 0 Å². The Bertz CT molecular complexity index is 394. The molecule has 0 radical (unpaired) electrons. The molecule has 0 aliphatic heterocycles. The Morgan fingerprint density at radius 2 is 2.06 bits per heavy atom. The van der Waals surface area contributed by atoms with Crippen molar-refractivity contribution in [3.8, 4) is 0 Å². The first-order chi connectivity index (χ1) is 8.29. The van der Waals surface area contributed by atoms with Crippen LogP contribution in [0.5, 0.6) is 0 Å². The summed E-state index contributed by atoms with van der Waals surface area (Å²) in [5.74, 6) is 0.329. The van der Waals surface area contributed by atoms with Crippen molar-refractivity contribution in [3.63, 3.8) is 0 Å². The lowest BCUT2D eigenvalue weighted by molar-refractivity contribution is -0.0237. The average molecular weight is 230 g/mol. The Labute approximate surface area is 102 Å². The molecule has 0 saturated heterocycles. The molecule has 1 aliphatic carbocycles. The molecule has 0 amide bonds. The molecule has 3 nitrogen and oxygen atoms in total. The van der Waals surface area contributed by atoms with Crippen LogP contribution in [0.3, 0.4) is 0 Å². The van der Waals surface area contributed by atoms with Crippen LogP contribution in [0, 0.1) is 11.3 Å². The summed E-state index contributed by atoms with van der Waals surface area (Å²) in [5.41, 5.74) is 7.08. The van der Waals surface area contributed by atoms with Crippen molar-refractivity contribution >= 4 is 5.71 Å². The Morgan fingerprint density at radius 1 is 1.35 bits per heavy atom. The summed E-state index contributed by atoms with van der Waals surface area (Å²) in [4.78, 5) is 0. The second kappa shape index (κ2) is 5.64. The minimum atomic E-state index is 0.298. The normalized spacial score (nSPS) is 23.5. The Balaban J connectivity index is 1.69. The molecule has 1 aliphatic rings. The summed E-state index contributed by atoms with van der Waals surface area (Å²) in [6.45, 7) is 0.665. The van der Waals surface area contributed by atoms with E-state index in [9.17, 15) is 0 Å². The minimum absolute atomic E-state index is 0.298. The quantitative estimate of drug-likeness (QED) is 0.763. The zero-order chi connectivity index (χ0) is 12.1. The summed E-state index contributed by atoms with van der Waals surface area (Å²) in [6, 6.07) is 10.2. The molecule has 1 aromatic rings. The van der Waals surface area contributed by atoms with Crippen LogP contribution in [0.4, 0.5) is 0 Å². The van der Waals surface area contributed by atoms with Gasteiger partial charge in [-0.15, -0.1) is 0 Å². The highest BCUT2D eigenvalue weighted by Gasteiger charge is 2.31.